The molecule has 0 aromatic heterocycles. The number of hydrogen-bond acceptors (Lipinski definition) is 3. The fourth-order valence-electron chi connectivity index (χ4n) is 1.81. The summed E-state index contributed by atoms with van der Waals surface area (Å²) in [5.41, 5.74) is 2.13. The summed E-state index contributed by atoms with van der Waals surface area (Å²) in [5, 5.41) is 3.21. The Balaban J connectivity index is 2.22. The van der Waals surface area contributed by atoms with Crippen molar-refractivity contribution in [2.75, 3.05) is 18.4 Å². The van der Waals surface area contributed by atoms with Crippen LogP contribution in [-0.2, 0) is 16.4 Å². The van der Waals surface area contributed by atoms with Crippen molar-refractivity contribution in [2.45, 2.75) is 25.2 Å². The number of rotatable bonds is 4. The van der Waals surface area contributed by atoms with Gasteiger partial charge in [0.15, 0.2) is 0 Å². The van der Waals surface area contributed by atoms with Crippen molar-refractivity contribution in [1.82, 2.24) is 4.72 Å². The first-order valence-corrected chi connectivity index (χ1v) is 7.34. The Kier molecular flexibility index (Phi) is 3.40. The summed E-state index contributed by atoms with van der Waals surface area (Å²) in [6.07, 6.45) is 0.892. The van der Waals surface area contributed by atoms with E-state index in [-0.39, 0.29) is 0 Å². The van der Waals surface area contributed by atoms with E-state index in [2.05, 4.69) is 10.0 Å². The van der Waals surface area contributed by atoms with Crippen molar-refractivity contribution in [3.63, 3.8) is 0 Å². The second kappa shape index (κ2) is 4.66. The molecule has 1 heterocycles. The van der Waals surface area contributed by atoms with Gasteiger partial charge < -0.3 is 5.32 Å². The van der Waals surface area contributed by atoms with Gasteiger partial charge in [0.2, 0.25) is 10.0 Å². The van der Waals surface area contributed by atoms with Gasteiger partial charge in [0.25, 0.3) is 0 Å². The molecular formula is C12H18N2O2S. The van der Waals surface area contributed by atoms with Crippen molar-refractivity contribution in [2.24, 2.45) is 5.92 Å². The smallest absolute Gasteiger partial charge is 0.240 e. The fraction of sp³-hybridized carbons (Fsp3) is 0.500. The van der Waals surface area contributed by atoms with E-state index in [0.29, 0.717) is 17.4 Å². The van der Waals surface area contributed by atoms with Gasteiger partial charge in [-0.05, 0) is 36.1 Å². The third kappa shape index (κ3) is 2.79. The first kappa shape index (κ1) is 12.4. The molecule has 0 spiro atoms. The lowest BCUT2D eigenvalue weighted by Crippen LogP contribution is -2.27. The fourth-order valence-corrected chi connectivity index (χ4v) is 3.07. The predicted octanol–water partition coefficient (Wildman–Crippen LogP) is 1.59. The zero-order valence-electron chi connectivity index (χ0n) is 10.2. The molecule has 0 radical (unpaired) electrons. The minimum Gasteiger partial charge on any atom is -0.384 e. The van der Waals surface area contributed by atoms with Crippen molar-refractivity contribution < 1.29 is 8.42 Å². The molecule has 1 aliphatic heterocycles. The zero-order valence-corrected chi connectivity index (χ0v) is 11.0. The van der Waals surface area contributed by atoms with Crippen molar-refractivity contribution in [1.29, 1.82) is 0 Å². The number of benzene rings is 1. The topological polar surface area (TPSA) is 58.2 Å². The second-order valence-corrected chi connectivity index (χ2v) is 6.51. The lowest BCUT2D eigenvalue weighted by molar-refractivity contribution is 0.560. The van der Waals surface area contributed by atoms with Crippen LogP contribution in [-0.4, -0.2) is 21.5 Å². The second-order valence-electron chi connectivity index (χ2n) is 4.74. The minimum absolute atomic E-state index is 0.306. The molecule has 0 unspecified atom stereocenters. The third-order valence-corrected chi connectivity index (χ3v) is 4.20. The highest BCUT2D eigenvalue weighted by Gasteiger charge is 2.18. The van der Waals surface area contributed by atoms with Crippen LogP contribution in [0.2, 0.25) is 0 Å². The van der Waals surface area contributed by atoms with Crippen LogP contribution in [0.3, 0.4) is 0 Å². The molecule has 2 rings (SSSR count). The van der Waals surface area contributed by atoms with Crippen LogP contribution in [0.15, 0.2) is 23.1 Å². The molecule has 17 heavy (non-hydrogen) atoms. The first-order valence-electron chi connectivity index (χ1n) is 5.85. The van der Waals surface area contributed by atoms with Crippen LogP contribution in [0.1, 0.15) is 19.4 Å². The Morgan fingerprint density at radius 3 is 2.88 bits per heavy atom. The number of fused-ring (bicyclic) bond motifs is 1. The number of sulfonamides is 1. The summed E-state index contributed by atoms with van der Waals surface area (Å²) < 4.78 is 26.6. The van der Waals surface area contributed by atoms with Crippen LogP contribution < -0.4 is 10.0 Å². The van der Waals surface area contributed by atoms with Gasteiger partial charge in [-0.2, -0.15) is 0 Å². The SMILES string of the molecule is CC(C)CNS(=O)(=O)c1ccc2c(c1)CCN2. The highest BCUT2D eigenvalue weighted by atomic mass is 32.2. The minimum atomic E-state index is -3.35. The van der Waals surface area contributed by atoms with Gasteiger partial charge in [-0.3, -0.25) is 0 Å². The Bertz CT molecular complexity index is 509. The Morgan fingerprint density at radius 2 is 2.18 bits per heavy atom. The molecule has 0 amide bonds. The number of hydrogen-bond donors (Lipinski definition) is 2. The highest BCUT2D eigenvalue weighted by Crippen LogP contribution is 2.24. The predicted molar refractivity (Wildman–Crippen MR) is 68.7 cm³/mol. The first-order chi connectivity index (χ1) is 7.99. The van der Waals surface area contributed by atoms with E-state index in [9.17, 15) is 8.42 Å². The molecule has 0 aliphatic carbocycles. The van der Waals surface area contributed by atoms with Gasteiger partial charge in [-0.15, -0.1) is 0 Å². The molecular weight excluding hydrogens is 236 g/mol. The standard InChI is InChI=1S/C12H18N2O2S/c1-9(2)8-14-17(15,16)11-3-4-12-10(7-11)5-6-13-12/h3-4,7,9,13-14H,5-6,8H2,1-2H3. The van der Waals surface area contributed by atoms with E-state index >= 15 is 0 Å². The van der Waals surface area contributed by atoms with Gasteiger partial charge in [0, 0.05) is 18.8 Å². The molecule has 0 atom stereocenters. The van der Waals surface area contributed by atoms with Crippen LogP contribution in [0.25, 0.3) is 0 Å². The van der Waals surface area contributed by atoms with Crippen molar-refractivity contribution in [3.8, 4) is 0 Å². The van der Waals surface area contributed by atoms with Gasteiger partial charge >= 0.3 is 0 Å². The molecule has 5 heteroatoms. The summed E-state index contributed by atoms with van der Waals surface area (Å²) in [7, 11) is -3.35. The van der Waals surface area contributed by atoms with E-state index in [1.807, 2.05) is 19.9 Å². The Labute approximate surface area is 102 Å². The van der Waals surface area contributed by atoms with E-state index in [1.165, 1.54) is 0 Å². The lowest BCUT2D eigenvalue weighted by atomic mass is 10.2. The Hall–Kier alpha value is -1.07. The zero-order chi connectivity index (χ0) is 12.5. The molecule has 2 N–H and O–H groups in total. The summed E-state index contributed by atoms with van der Waals surface area (Å²) in [5.74, 6) is 0.306. The number of anilines is 1. The molecule has 0 saturated carbocycles. The molecule has 0 saturated heterocycles. The largest absolute Gasteiger partial charge is 0.384 e. The molecule has 0 fully saturated rings. The molecule has 1 aliphatic rings. The molecule has 0 bridgehead atoms. The third-order valence-electron chi connectivity index (χ3n) is 2.78. The monoisotopic (exact) mass is 254 g/mol. The highest BCUT2D eigenvalue weighted by molar-refractivity contribution is 7.89. The average molecular weight is 254 g/mol. The summed E-state index contributed by atoms with van der Waals surface area (Å²) >= 11 is 0. The quantitative estimate of drug-likeness (QED) is 0.858. The lowest BCUT2D eigenvalue weighted by Gasteiger charge is -2.09. The maximum atomic E-state index is 12.0. The van der Waals surface area contributed by atoms with E-state index in [4.69, 9.17) is 0 Å². The van der Waals surface area contributed by atoms with Gasteiger partial charge in [0.1, 0.15) is 0 Å². The molecule has 94 valence electrons. The molecule has 4 nitrogen and oxygen atoms in total. The van der Waals surface area contributed by atoms with Crippen molar-refractivity contribution in [3.05, 3.63) is 23.8 Å². The van der Waals surface area contributed by atoms with Gasteiger partial charge in [0.05, 0.1) is 4.90 Å². The van der Waals surface area contributed by atoms with Gasteiger partial charge in [-0.1, -0.05) is 13.8 Å². The van der Waals surface area contributed by atoms with E-state index in [0.717, 1.165) is 24.2 Å². The van der Waals surface area contributed by atoms with Crippen LogP contribution in [0.5, 0.6) is 0 Å². The normalized spacial score (nSPS) is 14.8. The van der Waals surface area contributed by atoms with E-state index in [1.54, 1.807) is 12.1 Å². The maximum Gasteiger partial charge on any atom is 0.240 e. The summed E-state index contributed by atoms with van der Waals surface area (Å²) in [6.45, 7) is 5.32. The maximum absolute atomic E-state index is 12.0. The van der Waals surface area contributed by atoms with E-state index < -0.39 is 10.0 Å². The molecule has 1 aromatic carbocycles. The van der Waals surface area contributed by atoms with Crippen LogP contribution in [0, 0.1) is 5.92 Å². The molecule has 1 aromatic rings. The number of nitrogens with one attached hydrogen (secondary N) is 2. The Morgan fingerprint density at radius 1 is 1.41 bits per heavy atom. The van der Waals surface area contributed by atoms with Crippen LogP contribution >= 0.6 is 0 Å². The summed E-state index contributed by atoms with van der Waals surface area (Å²) in [6, 6.07) is 5.25. The van der Waals surface area contributed by atoms with Gasteiger partial charge in [-0.25, -0.2) is 13.1 Å². The summed E-state index contributed by atoms with van der Waals surface area (Å²) in [4.78, 5) is 0.362. The van der Waals surface area contributed by atoms with Crippen LogP contribution in [0.4, 0.5) is 5.69 Å². The van der Waals surface area contributed by atoms with Crippen molar-refractivity contribution >= 4 is 15.7 Å². The average Bonchev–Trinajstić information content (AvgIpc) is 2.73.